The molecule has 4 nitrogen and oxygen atoms in total. The zero-order valence-corrected chi connectivity index (χ0v) is 6.75. The van der Waals surface area contributed by atoms with E-state index in [0.29, 0.717) is 18.2 Å². The van der Waals surface area contributed by atoms with Crippen LogP contribution in [0.1, 0.15) is 6.42 Å². The van der Waals surface area contributed by atoms with Gasteiger partial charge in [-0.2, -0.15) is 0 Å². The second kappa shape index (κ2) is 4.27. The highest BCUT2D eigenvalue weighted by Gasteiger charge is 2.04. The Labute approximate surface area is 68.6 Å². The van der Waals surface area contributed by atoms with Crippen molar-refractivity contribution >= 4 is 11.3 Å². The second-order valence-electron chi connectivity index (χ2n) is 1.95. The van der Waals surface area contributed by atoms with E-state index in [4.69, 9.17) is 15.6 Å². The SMILES string of the molecule is NCCC(O)Oc1nccs1. The first-order valence-corrected chi connectivity index (χ1v) is 4.15. The molecule has 0 amide bonds. The van der Waals surface area contributed by atoms with Gasteiger partial charge in [-0.1, -0.05) is 11.3 Å². The van der Waals surface area contributed by atoms with Gasteiger partial charge in [-0.05, 0) is 6.54 Å². The second-order valence-corrected chi connectivity index (χ2v) is 2.80. The van der Waals surface area contributed by atoms with Crippen LogP contribution in [0, 0.1) is 0 Å². The summed E-state index contributed by atoms with van der Waals surface area (Å²) in [5.74, 6) is 0. The van der Waals surface area contributed by atoms with Crippen LogP contribution in [-0.4, -0.2) is 22.9 Å². The number of rotatable bonds is 4. The number of ether oxygens (including phenoxy) is 1. The molecule has 62 valence electrons. The zero-order valence-electron chi connectivity index (χ0n) is 5.93. The van der Waals surface area contributed by atoms with Crippen LogP contribution in [0.3, 0.4) is 0 Å². The lowest BCUT2D eigenvalue weighted by atomic mass is 10.4. The summed E-state index contributed by atoms with van der Waals surface area (Å²) in [5, 5.41) is 11.3. The predicted octanol–water partition coefficient (Wildman–Crippen LogP) is 0.189. The molecule has 0 spiro atoms. The molecule has 0 bridgehead atoms. The van der Waals surface area contributed by atoms with E-state index in [1.54, 1.807) is 11.6 Å². The maximum Gasteiger partial charge on any atom is 0.275 e. The van der Waals surface area contributed by atoms with Gasteiger partial charge in [0, 0.05) is 18.0 Å². The fourth-order valence-corrected chi connectivity index (χ4v) is 1.11. The Hall–Kier alpha value is -0.650. The van der Waals surface area contributed by atoms with Gasteiger partial charge in [0.25, 0.3) is 5.19 Å². The van der Waals surface area contributed by atoms with Gasteiger partial charge < -0.3 is 15.6 Å². The van der Waals surface area contributed by atoms with Gasteiger partial charge in [0.1, 0.15) is 0 Å². The van der Waals surface area contributed by atoms with Gasteiger partial charge in [0.2, 0.25) is 6.29 Å². The molecule has 0 radical (unpaired) electrons. The molecule has 0 fully saturated rings. The van der Waals surface area contributed by atoms with Crippen molar-refractivity contribution in [2.45, 2.75) is 12.7 Å². The number of hydrogen-bond donors (Lipinski definition) is 2. The number of aliphatic hydroxyl groups excluding tert-OH is 1. The van der Waals surface area contributed by atoms with Crippen LogP contribution in [0.15, 0.2) is 11.6 Å². The molecule has 1 atom stereocenters. The fourth-order valence-electron chi connectivity index (χ4n) is 0.586. The summed E-state index contributed by atoms with van der Waals surface area (Å²) in [5.41, 5.74) is 5.20. The molecule has 1 aromatic rings. The summed E-state index contributed by atoms with van der Waals surface area (Å²) in [6, 6.07) is 0. The third-order valence-corrected chi connectivity index (χ3v) is 1.72. The number of nitrogens with zero attached hydrogens (tertiary/aromatic N) is 1. The quantitative estimate of drug-likeness (QED) is 0.639. The van der Waals surface area contributed by atoms with E-state index in [0.717, 1.165) is 0 Å². The van der Waals surface area contributed by atoms with E-state index in [-0.39, 0.29) is 0 Å². The lowest BCUT2D eigenvalue weighted by Crippen LogP contribution is -2.19. The van der Waals surface area contributed by atoms with E-state index < -0.39 is 6.29 Å². The van der Waals surface area contributed by atoms with Crippen molar-refractivity contribution in [1.82, 2.24) is 4.98 Å². The summed E-state index contributed by atoms with van der Waals surface area (Å²) in [6.07, 6.45) is 1.22. The minimum atomic E-state index is -0.828. The monoisotopic (exact) mass is 174 g/mol. The Balaban J connectivity index is 2.31. The molecule has 0 saturated carbocycles. The molecule has 0 aliphatic carbocycles. The van der Waals surface area contributed by atoms with Gasteiger partial charge in [0.05, 0.1) is 0 Å². The Morgan fingerprint density at radius 2 is 2.64 bits per heavy atom. The molecule has 0 aliphatic rings. The number of aromatic nitrogens is 1. The lowest BCUT2D eigenvalue weighted by Gasteiger charge is -2.08. The van der Waals surface area contributed by atoms with E-state index in [9.17, 15) is 0 Å². The van der Waals surface area contributed by atoms with Crippen molar-refractivity contribution in [1.29, 1.82) is 0 Å². The number of aliphatic hydroxyl groups is 1. The first-order valence-electron chi connectivity index (χ1n) is 3.27. The van der Waals surface area contributed by atoms with Gasteiger partial charge in [0.15, 0.2) is 0 Å². The van der Waals surface area contributed by atoms with Crippen molar-refractivity contribution in [3.63, 3.8) is 0 Å². The maximum absolute atomic E-state index is 9.09. The molecule has 0 saturated heterocycles. The summed E-state index contributed by atoms with van der Waals surface area (Å²) in [6.45, 7) is 0.409. The summed E-state index contributed by atoms with van der Waals surface area (Å²) < 4.78 is 4.98. The lowest BCUT2D eigenvalue weighted by molar-refractivity contribution is -0.0209. The van der Waals surface area contributed by atoms with Crippen LogP contribution >= 0.6 is 11.3 Å². The van der Waals surface area contributed by atoms with Crippen LogP contribution in [-0.2, 0) is 0 Å². The van der Waals surface area contributed by atoms with Crippen molar-refractivity contribution in [2.24, 2.45) is 5.73 Å². The van der Waals surface area contributed by atoms with Crippen LogP contribution in [0.5, 0.6) is 5.19 Å². The minimum Gasteiger partial charge on any atom is -0.440 e. The standard InChI is InChI=1S/C6H10N2O2S/c7-2-1-5(9)10-6-8-3-4-11-6/h3-5,9H,1-2,7H2. The number of hydrogen-bond acceptors (Lipinski definition) is 5. The normalized spacial score (nSPS) is 12.9. The number of nitrogens with two attached hydrogens (primary N) is 1. The van der Waals surface area contributed by atoms with Crippen molar-refractivity contribution in [2.75, 3.05) is 6.54 Å². The summed E-state index contributed by atoms with van der Waals surface area (Å²) in [4.78, 5) is 3.83. The molecule has 1 aromatic heterocycles. The molecular formula is C6H10N2O2S. The van der Waals surface area contributed by atoms with Crippen LogP contribution in [0.4, 0.5) is 0 Å². The van der Waals surface area contributed by atoms with Crippen molar-refractivity contribution < 1.29 is 9.84 Å². The third-order valence-electron chi connectivity index (χ3n) is 1.06. The highest BCUT2D eigenvalue weighted by Crippen LogP contribution is 2.15. The van der Waals surface area contributed by atoms with Crippen LogP contribution in [0.2, 0.25) is 0 Å². The smallest absolute Gasteiger partial charge is 0.275 e. The molecule has 11 heavy (non-hydrogen) atoms. The Morgan fingerprint density at radius 1 is 1.82 bits per heavy atom. The Morgan fingerprint density at radius 3 is 3.18 bits per heavy atom. The highest BCUT2D eigenvalue weighted by atomic mass is 32.1. The Bertz CT molecular complexity index is 190. The first-order chi connectivity index (χ1) is 5.33. The fraction of sp³-hybridized carbons (Fsp3) is 0.500. The van der Waals surface area contributed by atoms with Gasteiger partial charge in [-0.15, -0.1) is 0 Å². The Kier molecular flexibility index (Phi) is 3.28. The van der Waals surface area contributed by atoms with Gasteiger partial charge in [-0.3, -0.25) is 0 Å². The van der Waals surface area contributed by atoms with E-state index >= 15 is 0 Å². The van der Waals surface area contributed by atoms with E-state index in [2.05, 4.69) is 4.98 Å². The average Bonchev–Trinajstić information content (AvgIpc) is 2.40. The molecular weight excluding hydrogens is 164 g/mol. The van der Waals surface area contributed by atoms with E-state index in [1.807, 2.05) is 0 Å². The molecule has 1 rings (SSSR count). The molecule has 3 N–H and O–H groups in total. The average molecular weight is 174 g/mol. The predicted molar refractivity (Wildman–Crippen MR) is 42.4 cm³/mol. The zero-order chi connectivity index (χ0) is 8.10. The molecule has 1 unspecified atom stereocenters. The van der Waals surface area contributed by atoms with Crippen LogP contribution < -0.4 is 10.5 Å². The summed E-state index contributed by atoms with van der Waals surface area (Å²) in [7, 11) is 0. The third kappa shape index (κ3) is 2.83. The topological polar surface area (TPSA) is 68.4 Å². The first kappa shape index (κ1) is 8.45. The number of thiazole rings is 1. The molecule has 5 heteroatoms. The van der Waals surface area contributed by atoms with Gasteiger partial charge >= 0.3 is 0 Å². The van der Waals surface area contributed by atoms with Crippen molar-refractivity contribution in [3.8, 4) is 5.19 Å². The maximum atomic E-state index is 9.09. The van der Waals surface area contributed by atoms with Crippen molar-refractivity contribution in [3.05, 3.63) is 11.6 Å². The molecule has 1 heterocycles. The molecule has 0 aromatic carbocycles. The largest absolute Gasteiger partial charge is 0.440 e. The van der Waals surface area contributed by atoms with Crippen LogP contribution in [0.25, 0.3) is 0 Å². The van der Waals surface area contributed by atoms with E-state index in [1.165, 1.54) is 11.3 Å². The minimum absolute atomic E-state index is 0.409. The molecule has 0 aliphatic heterocycles. The summed E-state index contributed by atoms with van der Waals surface area (Å²) >= 11 is 1.34. The highest BCUT2D eigenvalue weighted by molar-refractivity contribution is 7.11. The van der Waals surface area contributed by atoms with Gasteiger partial charge in [-0.25, -0.2) is 4.98 Å².